The summed E-state index contributed by atoms with van der Waals surface area (Å²) in [5.74, 6) is 1.00. The number of allylic oxidation sites excluding steroid dienone is 2. The summed E-state index contributed by atoms with van der Waals surface area (Å²) in [6, 6.07) is 6.52. The molecule has 0 saturated heterocycles. The minimum atomic E-state index is 0.502. The fraction of sp³-hybridized carbons (Fsp3) is 0.471. The predicted molar refractivity (Wildman–Crippen MR) is 82.2 cm³/mol. The zero-order chi connectivity index (χ0) is 13.7. The van der Waals surface area contributed by atoms with Crippen LogP contribution in [-0.4, -0.2) is 6.21 Å². The number of rotatable bonds is 4. The van der Waals surface area contributed by atoms with Gasteiger partial charge in [-0.15, -0.1) is 0 Å². The monoisotopic (exact) mass is 243 g/mol. The molecule has 1 rings (SSSR count). The van der Waals surface area contributed by atoms with Crippen LogP contribution in [0.1, 0.15) is 64.5 Å². The fourth-order valence-electron chi connectivity index (χ4n) is 1.92. The maximum absolute atomic E-state index is 4.69. The fourth-order valence-corrected chi connectivity index (χ4v) is 1.92. The summed E-state index contributed by atoms with van der Waals surface area (Å²) in [5.41, 5.74) is 5.09. The first-order valence-electron chi connectivity index (χ1n) is 6.73. The molecule has 98 valence electrons. The normalized spacial score (nSPS) is 11.6. The Balaban J connectivity index is 3.27. The highest BCUT2D eigenvalue weighted by Gasteiger charge is 2.12. The molecule has 0 aliphatic heterocycles. The van der Waals surface area contributed by atoms with E-state index in [1.807, 2.05) is 6.21 Å². The molecule has 0 N–H and O–H groups in total. The van der Waals surface area contributed by atoms with Gasteiger partial charge in [-0.25, -0.2) is 0 Å². The van der Waals surface area contributed by atoms with Crippen molar-refractivity contribution in [3.05, 3.63) is 41.0 Å². The van der Waals surface area contributed by atoms with Crippen molar-refractivity contribution in [3.8, 4) is 0 Å². The van der Waals surface area contributed by atoms with E-state index in [-0.39, 0.29) is 0 Å². The van der Waals surface area contributed by atoms with Crippen LogP contribution in [0.4, 0.5) is 5.69 Å². The van der Waals surface area contributed by atoms with Gasteiger partial charge in [0.2, 0.25) is 0 Å². The van der Waals surface area contributed by atoms with Gasteiger partial charge in [0.1, 0.15) is 0 Å². The molecule has 1 aromatic carbocycles. The summed E-state index contributed by atoms with van der Waals surface area (Å²) in [7, 11) is 0. The first-order valence-corrected chi connectivity index (χ1v) is 6.73. The van der Waals surface area contributed by atoms with Crippen LogP contribution in [0.15, 0.2) is 34.8 Å². The Morgan fingerprint density at radius 3 is 1.89 bits per heavy atom. The quantitative estimate of drug-likeness (QED) is 0.610. The summed E-state index contributed by atoms with van der Waals surface area (Å²) < 4.78 is 0. The molecule has 0 atom stereocenters. The number of para-hydroxylation sites is 1. The minimum Gasteiger partial charge on any atom is -0.256 e. The Hall–Kier alpha value is -1.37. The van der Waals surface area contributed by atoms with E-state index < -0.39 is 0 Å². The van der Waals surface area contributed by atoms with Gasteiger partial charge in [0.15, 0.2) is 0 Å². The second-order valence-corrected chi connectivity index (χ2v) is 5.62. The Bertz CT molecular complexity index is 420. The molecule has 0 aliphatic rings. The molecule has 0 heterocycles. The number of hydrogen-bond donors (Lipinski definition) is 0. The van der Waals surface area contributed by atoms with E-state index >= 15 is 0 Å². The summed E-state index contributed by atoms with van der Waals surface area (Å²) in [6.45, 7) is 13.1. The van der Waals surface area contributed by atoms with Gasteiger partial charge in [-0.2, -0.15) is 0 Å². The van der Waals surface area contributed by atoms with Crippen LogP contribution in [0.3, 0.4) is 0 Å². The summed E-state index contributed by atoms with van der Waals surface area (Å²) in [5, 5.41) is 0. The highest BCUT2D eigenvalue weighted by Crippen LogP contribution is 2.34. The lowest BCUT2D eigenvalue weighted by molar-refractivity contribution is 0.835. The van der Waals surface area contributed by atoms with Crippen LogP contribution < -0.4 is 0 Å². The average Bonchev–Trinajstić information content (AvgIpc) is 2.28. The van der Waals surface area contributed by atoms with Crippen LogP contribution in [0, 0.1) is 0 Å². The van der Waals surface area contributed by atoms with E-state index in [1.54, 1.807) is 0 Å². The number of hydrogen-bond acceptors (Lipinski definition) is 1. The second-order valence-electron chi connectivity index (χ2n) is 5.62. The lowest BCUT2D eigenvalue weighted by atomic mass is 9.93. The molecule has 0 amide bonds. The third-order valence-corrected chi connectivity index (χ3v) is 2.95. The SMILES string of the molecule is CC(C)=CC=Nc1c(C(C)C)cccc1C(C)C. The smallest absolute Gasteiger partial charge is 0.0698 e. The zero-order valence-corrected chi connectivity index (χ0v) is 12.5. The molecule has 18 heavy (non-hydrogen) atoms. The number of aliphatic imine (C=N–C) groups is 1. The highest BCUT2D eigenvalue weighted by atomic mass is 14.7. The Kier molecular flexibility index (Phi) is 5.33. The minimum absolute atomic E-state index is 0.502. The van der Waals surface area contributed by atoms with E-state index in [9.17, 15) is 0 Å². The first kappa shape index (κ1) is 14.7. The van der Waals surface area contributed by atoms with E-state index in [1.165, 1.54) is 16.7 Å². The molecule has 0 aliphatic carbocycles. The van der Waals surface area contributed by atoms with Gasteiger partial charge in [0.25, 0.3) is 0 Å². The van der Waals surface area contributed by atoms with E-state index in [4.69, 9.17) is 0 Å². The molecule has 0 aromatic heterocycles. The Labute approximate surface area is 112 Å². The van der Waals surface area contributed by atoms with Crippen molar-refractivity contribution in [1.29, 1.82) is 0 Å². The predicted octanol–water partition coefficient (Wildman–Crippen LogP) is 5.60. The van der Waals surface area contributed by atoms with E-state index in [0.29, 0.717) is 11.8 Å². The van der Waals surface area contributed by atoms with Crippen molar-refractivity contribution in [2.75, 3.05) is 0 Å². The molecule has 0 radical (unpaired) electrons. The zero-order valence-electron chi connectivity index (χ0n) is 12.5. The van der Waals surface area contributed by atoms with Gasteiger partial charge in [0.05, 0.1) is 5.69 Å². The highest BCUT2D eigenvalue weighted by molar-refractivity contribution is 5.77. The molecule has 1 heteroatoms. The molecule has 0 bridgehead atoms. The van der Waals surface area contributed by atoms with Crippen LogP contribution >= 0.6 is 0 Å². The van der Waals surface area contributed by atoms with Crippen molar-refractivity contribution >= 4 is 11.9 Å². The van der Waals surface area contributed by atoms with Gasteiger partial charge >= 0.3 is 0 Å². The molecule has 0 spiro atoms. The second kappa shape index (κ2) is 6.53. The lowest BCUT2D eigenvalue weighted by Crippen LogP contribution is -1.95. The van der Waals surface area contributed by atoms with Gasteiger partial charge in [-0.05, 0) is 42.9 Å². The molecule has 0 saturated carbocycles. The van der Waals surface area contributed by atoms with Gasteiger partial charge in [-0.1, -0.05) is 51.5 Å². The van der Waals surface area contributed by atoms with Crippen molar-refractivity contribution in [1.82, 2.24) is 0 Å². The van der Waals surface area contributed by atoms with Crippen molar-refractivity contribution in [2.24, 2.45) is 4.99 Å². The van der Waals surface area contributed by atoms with Crippen LogP contribution in [-0.2, 0) is 0 Å². The molecule has 0 fully saturated rings. The Morgan fingerprint density at radius 1 is 1.00 bits per heavy atom. The van der Waals surface area contributed by atoms with Crippen LogP contribution in [0.2, 0.25) is 0 Å². The van der Waals surface area contributed by atoms with Crippen molar-refractivity contribution < 1.29 is 0 Å². The van der Waals surface area contributed by atoms with Gasteiger partial charge < -0.3 is 0 Å². The molecular formula is C17H25N. The molecule has 1 aromatic rings. The average molecular weight is 243 g/mol. The standard InChI is InChI=1S/C17H25N/c1-12(2)10-11-18-17-15(13(3)4)8-7-9-16(17)14(5)6/h7-11,13-14H,1-6H3. The third kappa shape index (κ3) is 3.83. The first-order chi connectivity index (χ1) is 8.43. The number of benzene rings is 1. The Morgan fingerprint density at radius 2 is 1.50 bits per heavy atom. The summed E-state index contributed by atoms with van der Waals surface area (Å²) in [4.78, 5) is 4.69. The summed E-state index contributed by atoms with van der Waals surface area (Å²) in [6.07, 6.45) is 3.98. The topological polar surface area (TPSA) is 12.4 Å². The lowest BCUT2D eigenvalue weighted by Gasteiger charge is -2.15. The molecule has 1 nitrogen and oxygen atoms in total. The maximum Gasteiger partial charge on any atom is 0.0698 e. The largest absolute Gasteiger partial charge is 0.256 e. The van der Waals surface area contributed by atoms with Crippen molar-refractivity contribution in [2.45, 2.75) is 53.4 Å². The summed E-state index contributed by atoms with van der Waals surface area (Å²) >= 11 is 0. The van der Waals surface area contributed by atoms with E-state index in [0.717, 1.165) is 5.69 Å². The molecule has 0 unspecified atom stereocenters. The van der Waals surface area contributed by atoms with Gasteiger partial charge in [-0.3, -0.25) is 4.99 Å². The van der Waals surface area contributed by atoms with Crippen LogP contribution in [0.25, 0.3) is 0 Å². The molecular weight excluding hydrogens is 218 g/mol. The van der Waals surface area contributed by atoms with Crippen molar-refractivity contribution in [3.63, 3.8) is 0 Å². The third-order valence-electron chi connectivity index (χ3n) is 2.95. The van der Waals surface area contributed by atoms with Crippen LogP contribution in [0.5, 0.6) is 0 Å². The maximum atomic E-state index is 4.69. The van der Waals surface area contributed by atoms with Gasteiger partial charge in [0, 0.05) is 6.21 Å². The van der Waals surface area contributed by atoms with E-state index in [2.05, 4.69) is 70.8 Å². The number of nitrogens with zero attached hydrogens (tertiary/aromatic N) is 1.